The maximum Gasteiger partial charge on any atom is 3.00 e. The Balaban J connectivity index is 0.000000473. The van der Waals surface area contributed by atoms with Gasteiger partial charge in [0.2, 0.25) is 0 Å². The smallest absolute Gasteiger partial charge is 0.540 e. The maximum absolute atomic E-state index is 10.1. The molecule has 3 aromatic rings. The van der Waals surface area contributed by atoms with Gasteiger partial charge in [0.05, 0.1) is 0 Å². The minimum Gasteiger partial charge on any atom is -0.540 e. The van der Waals surface area contributed by atoms with Crippen molar-refractivity contribution in [2.24, 2.45) is 17.2 Å². The fourth-order valence-corrected chi connectivity index (χ4v) is 2.73. The summed E-state index contributed by atoms with van der Waals surface area (Å²) in [5, 5.41) is 0. The molecule has 0 aliphatic heterocycles. The molecule has 3 rings (SSSR count). The van der Waals surface area contributed by atoms with Crippen LogP contribution in [0.15, 0.2) is 91.0 Å². The molecule has 0 aliphatic rings. The summed E-state index contributed by atoms with van der Waals surface area (Å²) < 4.78 is 0. The second kappa shape index (κ2) is 19.5. The van der Waals surface area contributed by atoms with Gasteiger partial charge in [-0.3, -0.25) is 0 Å². The third-order valence-corrected chi connectivity index (χ3v) is 4.35. The molecule has 0 fully saturated rings. The number of nitrogens with two attached hydrogens (primary N) is 3. The fourth-order valence-electron chi connectivity index (χ4n) is 2.73. The summed E-state index contributed by atoms with van der Waals surface area (Å²) >= 11 is 0. The first-order chi connectivity index (χ1) is 16.0. The van der Waals surface area contributed by atoms with Crippen LogP contribution in [0.4, 0.5) is 0 Å². The molecule has 0 bridgehead atoms. The molecular formula is C27H30CrN3O3. The number of hydrogen-bond donors (Lipinski definition) is 3. The molecule has 3 aromatic carbocycles. The molecule has 34 heavy (non-hydrogen) atoms. The molecule has 0 amide bonds. The van der Waals surface area contributed by atoms with E-state index in [0.717, 1.165) is 16.7 Å². The first-order valence-corrected chi connectivity index (χ1v) is 10.5. The van der Waals surface area contributed by atoms with Crippen molar-refractivity contribution in [3.8, 4) is 0 Å². The monoisotopic (exact) mass is 496 g/mol. The van der Waals surface area contributed by atoms with Gasteiger partial charge in [0.15, 0.2) is 0 Å². The molecule has 177 valence electrons. The molecule has 0 saturated heterocycles. The van der Waals surface area contributed by atoms with Gasteiger partial charge in [-0.15, -0.1) is 0 Å². The Morgan fingerprint density at radius 1 is 0.471 bits per heavy atom. The molecule has 0 unspecified atom stereocenters. The summed E-state index contributed by atoms with van der Waals surface area (Å²) in [4.78, 5) is 30.2. The summed E-state index contributed by atoms with van der Waals surface area (Å²) in [7, 11) is 0. The zero-order chi connectivity index (χ0) is 24.3. The van der Waals surface area contributed by atoms with Crippen molar-refractivity contribution in [3.63, 3.8) is 0 Å². The number of carbonyl (C=O) groups excluding carboxylic acids is 3. The van der Waals surface area contributed by atoms with Gasteiger partial charge in [-0.05, 0) is 36.0 Å². The van der Waals surface area contributed by atoms with Crippen molar-refractivity contribution in [1.29, 1.82) is 0 Å². The Hall–Kier alpha value is -2.92. The van der Waals surface area contributed by atoms with Crippen LogP contribution in [0.5, 0.6) is 0 Å². The first-order valence-electron chi connectivity index (χ1n) is 10.5. The second-order valence-corrected chi connectivity index (χ2v) is 7.24. The van der Waals surface area contributed by atoms with E-state index in [1.54, 1.807) is 18.9 Å². The van der Waals surface area contributed by atoms with Crippen LogP contribution in [0.25, 0.3) is 0 Å². The van der Waals surface area contributed by atoms with Gasteiger partial charge in [0, 0.05) is 0 Å². The summed E-state index contributed by atoms with van der Waals surface area (Å²) in [6.07, 6.45) is 6.94. The van der Waals surface area contributed by atoms with Crippen molar-refractivity contribution >= 4 is 18.9 Å². The average Bonchev–Trinajstić information content (AvgIpc) is 2.86. The van der Waals surface area contributed by atoms with E-state index in [2.05, 4.69) is 0 Å². The van der Waals surface area contributed by atoms with E-state index >= 15 is 0 Å². The molecule has 0 heterocycles. The van der Waals surface area contributed by atoms with Gasteiger partial charge in [-0.1, -0.05) is 109 Å². The quantitative estimate of drug-likeness (QED) is 0.389. The topological polar surface area (TPSA) is 129 Å². The normalized spacial score (nSPS) is 12.1. The van der Waals surface area contributed by atoms with E-state index in [1.165, 1.54) is 0 Å². The summed E-state index contributed by atoms with van der Waals surface area (Å²) in [6.45, 7) is 0. The standard InChI is InChI=1S/3C9H10NO.Cr/c3*10-9(7-11)6-8-4-2-1-3-5-8;/h3*1-5,9H,6,10H2;/q3*-1;+3/t3*9-;/m111./s1. The van der Waals surface area contributed by atoms with Crippen LogP contribution in [0.2, 0.25) is 0 Å². The van der Waals surface area contributed by atoms with Gasteiger partial charge in [-0.25, -0.2) is 18.9 Å². The number of rotatable bonds is 9. The zero-order valence-corrected chi connectivity index (χ0v) is 20.2. The van der Waals surface area contributed by atoms with Crippen LogP contribution < -0.4 is 17.2 Å². The SMILES string of the molecule is N[C@@H]([C-]=O)Cc1ccccc1.N[C@@H]([C-]=O)Cc1ccccc1.N[C@@H]([C-]=O)Cc1ccccc1.[Cr+3]. The maximum atomic E-state index is 10.1. The predicted molar refractivity (Wildman–Crippen MR) is 131 cm³/mol. The number of hydrogen-bond acceptors (Lipinski definition) is 6. The van der Waals surface area contributed by atoms with Crippen LogP contribution >= 0.6 is 0 Å². The zero-order valence-electron chi connectivity index (χ0n) is 18.9. The molecule has 6 N–H and O–H groups in total. The minimum absolute atomic E-state index is 0. The minimum atomic E-state index is -0.489. The van der Waals surface area contributed by atoms with Crippen LogP contribution in [0.1, 0.15) is 16.7 Å². The Kier molecular flexibility index (Phi) is 17.9. The van der Waals surface area contributed by atoms with Gasteiger partial charge in [0.1, 0.15) is 0 Å². The molecule has 0 aromatic heterocycles. The van der Waals surface area contributed by atoms with Crippen molar-refractivity contribution in [2.45, 2.75) is 37.4 Å². The van der Waals surface area contributed by atoms with Gasteiger partial charge < -0.3 is 31.6 Å². The van der Waals surface area contributed by atoms with Crippen molar-refractivity contribution < 1.29 is 31.7 Å². The van der Waals surface area contributed by atoms with Crippen LogP contribution in [-0.4, -0.2) is 37.0 Å². The van der Waals surface area contributed by atoms with E-state index in [1.807, 2.05) is 91.0 Å². The van der Waals surface area contributed by atoms with Gasteiger partial charge in [-0.2, -0.15) is 0 Å². The Morgan fingerprint density at radius 2 is 0.676 bits per heavy atom. The largest absolute Gasteiger partial charge is 3.00 e. The fraction of sp³-hybridized carbons (Fsp3) is 0.222. The van der Waals surface area contributed by atoms with Crippen LogP contribution in [0.3, 0.4) is 0 Å². The van der Waals surface area contributed by atoms with E-state index in [9.17, 15) is 14.4 Å². The van der Waals surface area contributed by atoms with E-state index < -0.39 is 18.1 Å². The van der Waals surface area contributed by atoms with Crippen molar-refractivity contribution in [1.82, 2.24) is 0 Å². The molecule has 6 nitrogen and oxygen atoms in total. The molecule has 0 saturated carbocycles. The summed E-state index contributed by atoms with van der Waals surface area (Å²) in [5.74, 6) is 0. The van der Waals surface area contributed by atoms with Crippen LogP contribution in [-0.2, 0) is 51.0 Å². The average molecular weight is 497 g/mol. The third-order valence-electron chi connectivity index (χ3n) is 4.35. The Labute approximate surface area is 212 Å². The summed E-state index contributed by atoms with van der Waals surface area (Å²) in [6, 6.07) is 27.5. The van der Waals surface area contributed by atoms with Crippen molar-refractivity contribution in [2.75, 3.05) is 0 Å². The predicted octanol–water partition coefficient (Wildman–Crippen LogP) is 2.00. The summed E-state index contributed by atoms with van der Waals surface area (Å²) in [5.41, 5.74) is 19.4. The second-order valence-electron chi connectivity index (χ2n) is 7.24. The van der Waals surface area contributed by atoms with E-state index in [0.29, 0.717) is 19.3 Å². The molecule has 0 aliphatic carbocycles. The van der Waals surface area contributed by atoms with E-state index in [-0.39, 0.29) is 17.4 Å². The third kappa shape index (κ3) is 15.0. The molecule has 7 heteroatoms. The molecule has 3 atom stereocenters. The Bertz CT molecular complexity index is 790. The van der Waals surface area contributed by atoms with E-state index in [4.69, 9.17) is 17.2 Å². The molecule has 1 radical (unpaired) electrons. The van der Waals surface area contributed by atoms with Gasteiger partial charge >= 0.3 is 17.4 Å². The van der Waals surface area contributed by atoms with Crippen LogP contribution in [0, 0.1) is 0 Å². The molecular weight excluding hydrogens is 466 g/mol. The van der Waals surface area contributed by atoms with Crippen molar-refractivity contribution in [3.05, 3.63) is 108 Å². The Morgan fingerprint density at radius 3 is 0.853 bits per heavy atom. The van der Waals surface area contributed by atoms with Gasteiger partial charge in [0.25, 0.3) is 0 Å². The first kappa shape index (κ1) is 31.1. The molecule has 0 spiro atoms. The number of benzene rings is 3.